The van der Waals surface area contributed by atoms with E-state index in [9.17, 15) is 4.79 Å². The van der Waals surface area contributed by atoms with E-state index >= 15 is 0 Å². The van der Waals surface area contributed by atoms with Crippen molar-refractivity contribution in [2.75, 3.05) is 13.2 Å². The maximum absolute atomic E-state index is 11.4. The van der Waals surface area contributed by atoms with Crippen molar-refractivity contribution in [3.8, 4) is 5.75 Å². The van der Waals surface area contributed by atoms with Gasteiger partial charge in [0.05, 0.1) is 13.2 Å². The maximum atomic E-state index is 11.4. The Morgan fingerprint density at radius 3 is 2.41 bits per heavy atom. The van der Waals surface area contributed by atoms with Gasteiger partial charge in [-0.05, 0) is 45.0 Å². The molecule has 1 aromatic carbocycles. The van der Waals surface area contributed by atoms with Crippen molar-refractivity contribution in [1.82, 2.24) is 0 Å². The number of ether oxygens (including phenoxy) is 2. The highest BCUT2D eigenvalue weighted by molar-refractivity contribution is 8.00. The van der Waals surface area contributed by atoms with Crippen LogP contribution in [-0.4, -0.2) is 24.4 Å². The normalized spacial score (nSPS) is 11.9. The van der Waals surface area contributed by atoms with Crippen LogP contribution in [0.1, 0.15) is 20.8 Å². The average molecular weight is 254 g/mol. The van der Waals surface area contributed by atoms with Crippen LogP contribution in [0.25, 0.3) is 0 Å². The van der Waals surface area contributed by atoms with Gasteiger partial charge in [0.15, 0.2) is 0 Å². The Morgan fingerprint density at radius 2 is 1.88 bits per heavy atom. The summed E-state index contributed by atoms with van der Waals surface area (Å²) < 4.78 is 10.3. The zero-order valence-corrected chi connectivity index (χ0v) is 11.3. The Bertz CT molecular complexity index is 348. The lowest BCUT2D eigenvalue weighted by Crippen LogP contribution is -2.16. The summed E-state index contributed by atoms with van der Waals surface area (Å²) in [7, 11) is 0. The van der Waals surface area contributed by atoms with Gasteiger partial charge in [0.2, 0.25) is 0 Å². The first-order valence-electron chi connectivity index (χ1n) is 5.73. The van der Waals surface area contributed by atoms with E-state index in [2.05, 4.69) is 0 Å². The number of carbonyl (C=O) groups is 1. The van der Waals surface area contributed by atoms with Crippen molar-refractivity contribution >= 4 is 17.7 Å². The molecular weight excluding hydrogens is 236 g/mol. The fraction of sp³-hybridized carbons (Fsp3) is 0.462. The smallest absolute Gasteiger partial charge is 0.319 e. The van der Waals surface area contributed by atoms with Gasteiger partial charge >= 0.3 is 5.97 Å². The lowest BCUT2D eigenvalue weighted by Gasteiger charge is -2.10. The second kappa shape index (κ2) is 7.22. The van der Waals surface area contributed by atoms with Crippen molar-refractivity contribution in [2.24, 2.45) is 0 Å². The topological polar surface area (TPSA) is 35.5 Å². The van der Waals surface area contributed by atoms with Crippen molar-refractivity contribution in [1.29, 1.82) is 0 Å². The summed E-state index contributed by atoms with van der Waals surface area (Å²) in [5.74, 6) is 0.673. The molecule has 4 heteroatoms. The molecule has 1 rings (SSSR count). The van der Waals surface area contributed by atoms with Crippen LogP contribution in [0.4, 0.5) is 0 Å². The van der Waals surface area contributed by atoms with E-state index in [-0.39, 0.29) is 11.2 Å². The van der Waals surface area contributed by atoms with E-state index in [4.69, 9.17) is 9.47 Å². The molecule has 17 heavy (non-hydrogen) atoms. The third-order valence-electron chi connectivity index (χ3n) is 2.07. The fourth-order valence-electron chi connectivity index (χ4n) is 1.29. The molecule has 94 valence electrons. The van der Waals surface area contributed by atoms with Crippen LogP contribution in [0, 0.1) is 0 Å². The van der Waals surface area contributed by atoms with Crippen LogP contribution in [0.3, 0.4) is 0 Å². The first-order valence-corrected chi connectivity index (χ1v) is 6.61. The zero-order valence-electron chi connectivity index (χ0n) is 10.4. The molecule has 0 unspecified atom stereocenters. The predicted octanol–water partition coefficient (Wildman–Crippen LogP) is 3.13. The quantitative estimate of drug-likeness (QED) is 0.577. The molecule has 0 spiro atoms. The Morgan fingerprint density at radius 1 is 1.24 bits per heavy atom. The third kappa shape index (κ3) is 4.69. The number of hydrogen-bond donors (Lipinski definition) is 0. The monoisotopic (exact) mass is 254 g/mol. The summed E-state index contributed by atoms with van der Waals surface area (Å²) in [4.78, 5) is 12.5. The van der Waals surface area contributed by atoms with Crippen LogP contribution < -0.4 is 4.74 Å². The van der Waals surface area contributed by atoms with Gasteiger partial charge in [0, 0.05) is 4.90 Å². The van der Waals surface area contributed by atoms with Crippen molar-refractivity contribution in [3.63, 3.8) is 0 Å². The molecule has 0 N–H and O–H groups in total. The van der Waals surface area contributed by atoms with Gasteiger partial charge in [-0.1, -0.05) is 0 Å². The van der Waals surface area contributed by atoms with Crippen LogP contribution in [0.15, 0.2) is 29.2 Å². The first-order chi connectivity index (χ1) is 8.17. The maximum Gasteiger partial charge on any atom is 0.319 e. The number of esters is 1. The average Bonchev–Trinajstić information content (AvgIpc) is 2.32. The van der Waals surface area contributed by atoms with Crippen LogP contribution in [0.5, 0.6) is 5.75 Å². The van der Waals surface area contributed by atoms with Gasteiger partial charge < -0.3 is 9.47 Å². The van der Waals surface area contributed by atoms with Crippen molar-refractivity contribution in [3.05, 3.63) is 24.3 Å². The Kier molecular flexibility index (Phi) is 5.91. The van der Waals surface area contributed by atoms with Gasteiger partial charge in [-0.15, -0.1) is 11.8 Å². The highest BCUT2D eigenvalue weighted by atomic mass is 32.2. The van der Waals surface area contributed by atoms with Gasteiger partial charge in [0.1, 0.15) is 11.0 Å². The zero-order chi connectivity index (χ0) is 12.7. The van der Waals surface area contributed by atoms with Gasteiger partial charge in [-0.3, -0.25) is 4.79 Å². The first kappa shape index (κ1) is 13.9. The second-order valence-electron chi connectivity index (χ2n) is 3.42. The molecule has 0 saturated carbocycles. The lowest BCUT2D eigenvalue weighted by atomic mass is 10.3. The standard InChI is InChI=1S/C13H18O3S/c1-4-15-11-6-8-12(9-7-11)17-10(3)13(14)16-5-2/h6-10H,4-5H2,1-3H3/t10-/m1/s1. The van der Waals surface area contributed by atoms with Gasteiger partial charge in [-0.2, -0.15) is 0 Å². The Labute approximate surface area is 106 Å². The van der Waals surface area contributed by atoms with Crippen LogP contribution in [-0.2, 0) is 9.53 Å². The summed E-state index contributed by atoms with van der Waals surface area (Å²) >= 11 is 1.49. The number of rotatable bonds is 6. The van der Waals surface area contributed by atoms with Gasteiger partial charge in [-0.25, -0.2) is 0 Å². The minimum atomic E-state index is -0.187. The molecule has 0 saturated heterocycles. The Balaban J connectivity index is 2.53. The van der Waals surface area contributed by atoms with E-state index in [0.29, 0.717) is 13.2 Å². The molecule has 0 bridgehead atoms. The molecule has 1 atom stereocenters. The SMILES string of the molecule is CCOC(=O)[C@@H](C)Sc1ccc(OCC)cc1. The van der Waals surface area contributed by atoms with Gasteiger partial charge in [0.25, 0.3) is 0 Å². The number of hydrogen-bond acceptors (Lipinski definition) is 4. The number of benzene rings is 1. The Hall–Kier alpha value is -1.16. The summed E-state index contributed by atoms with van der Waals surface area (Å²) in [5.41, 5.74) is 0. The highest BCUT2D eigenvalue weighted by Crippen LogP contribution is 2.25. The van der Waals surface area contributed by atoms with Crippen LogP contribution >= 0.6 is 11.8 Å². The molecule has 0 aliphatic heterocycles. The van der Waals surface area contributed by atoms with Crippen molar-refractivity contribution < 1.29 is 14.3 Å². The van der Waals surface area contributed by atoms with Crippen molar-refractivity contribution in [2.45, 2.75) is 30.9 Å². The molecule has 0 aromatic heterocycles. The summed E-state index contributed by atoms with van der Waals surface area (Å²) in [6.07, 6.45) is 0. The minimum absolute atomic E-state index is 0.175. The summed E-state index contributed by atoms with van der Waals surface area (Å²) in [6, 6.07) is 7.71. The van der Waals surface area contributed by atoms with E-state index in [0.717, 1.165) is 10.6 Å². The largest absolute Gasteiger partial charge is 0.494 e. The highest BCUT2D eigenvalue weighted by Gasteiger charge is 2.15. The van der Waals surface area contributed by atoms with E-state index < -0.39 is 0 Å². The summed E-state index contributed by atoms with van der Waals surface area (Å²) in [6.45, 7) is 6.69. The van der Waals surface area contributed by atoms with E-state index in [1.807, 2.05) is 45.0 Å². The molecule has 0 radical (unpaired) electrons. The predicted molar refractivity (Wildman–Crippen MR) is 69.6 cm³/mol. The summed E-state index contributed by atoms with van der Waals surface area (Å²) in [5, 5.41) is -0.187. The molecule has 0 aliphatic rings. The lowest BCUT2D eigenvalue weighted by molar-refractivity contribution is -0.142. The number of thioether (sulfide) groups is 1. The molecule has 0 fully saturated rings. The second-order valence-corrected chi connectivity index (χ2v) is 4.83. The molecular formula is C13H18O3S. The molecule has 0 amide bonds. The molecule has 1 aromatic rings. The fourth-order valence-corrected chi connectivity index (χ4v) is 2.16. The molecule has 0 heterocycles. The van der Waals surface area contributed by atoms with Crippen LogP contribution in [0.2, 0.25) is 0 Å². The third-order valence-corrected chi connectivity index (χ3v) is 3.16. The van der Waals surface area contributed by atoms with E-state index in [1.165, 1.54) is 11.8 Å². The minimum Gasteiger partial charge on any atom is -0.494 e. The van der Waals surface area contributed by atoms with E-state index in [1.54, 1.807) is 0 Å². The molecule has 3 nitrogen and oxygen atoms in total. The number of carbonyl (C=O) groups excluding carboxylic acids is 1. The molecule has 0 aliphatic carbocycles.